The van der Waals surface area contributed by atoms with E-state index in [9.17, 15) is 23.1 Å². The molecule has 5 aliphatic rings. The van der Waals surface area contributed by atoms with Crippen molar-refractivity contribution in [1.29, 1.82) is 0 Å². The molecule has 1 spiro atoms. The Morgan fingerprint density at radius 3 is 2.46 bits per heavy atom. The maximum Gasteiger partial charge on any atom is 0.335 e. The average Bonchev–Trinajstić information content (AvgIpc) is 3.49. The number of sulfonamides is 1. The molecular formula is C27H37NO8S. The number of carbonyl (C=O) groups excluding carboxylic acids is 1. The number of ether oxygens (including phenoxy) is 2. The van der Waals surface area contributed by atoms with Gasteiger partial charge in [0, 0.05) is 30.4 Å². The van der Waals surface area contributed by atoms with Gasteiger partial charge in [0.2, 0.25) is 10.0 Å². The lowest BCUT2D eigenvalue weighted by atomic mass is 9.42. The minimum absolute atomic E-state index is 0.163. The first-order valence-corrected chi connectivity index (χ1v) is 15.3. The van der Waals surface area contributed by atoms with Crippen LogP contribution in [-0.2, 0) is 24.3 Å². The molecule has 4 aliphatic carbocycles. The third-order valence-corrected chi connectivity index (χ3v) is 11.8. The second-order valence-electron chi connectivity index (χ2n) is 12.8. The van der Waals surface area contributed by atoms with E-state index < -0.39 is 33.0 Å². The molecule has 37 heavy (non-hydrogen) atoms. The fraction of sp³-hybridized carbons (Fsp3) is 0.778. The SMILES string of the molecule is CC(=O)O[C@H]1[C@H]2O[C@]23[C@@H]2CC[C@]4(O)C[C@@H](NS(C)(=O)=O)CC[C@]4(C)[C@H]2CC[C@]3(C)[C@H]1c1ccc(=O)oc1. The molecule has 2 heterocycles. The number of hydrogen-bond acceptors (Lipinski definition) is 8. The second kappa shape index (κ2) is 7.90. The van der Waals surface area contributed by atoms with Gasteiger partial charge in [-0.2, -0.15) is 0 Å². The van der Waals surface area contributed by atoms with Crippen LogP contribution in [0.3, 0.4) is 0 Å². The third kappa shape index (κ3) is 3.47. The van der Waals surface area contributed by atoms with Crippen LogP contribution in [0.4, 0.5) is 0 Å². The van der Waals surface area contributed by atoms with E-state index in [4.69, 9.17) is 13.9 Å². The summed E-state index contributed by atoms with van der Waals surface area (Å²) in [5, 5.41) is 12.0. The minimum atomic E-state index is -3.36. The molecule has 1 aromatic rings. The predicted molar refractivity (Wildman–Crippen MR) is 133 cm³/mol. The highest BCUT2D eigenvalue weighted by molar-refractivity contribution is 7.88. The molecule has 1 aliphatic heterocycles. The summed E-state index contributed by atoms with van der Waals surface area (Å²) in [5.74, 6) is -0.143. The number of carbonyl (C=O) groups is 1. The molecule has 6 rings (SSSR count). The highest BCUT2D eigenvalue weighted by Crippen LogP contribution is 2.78. The number of esters is 1. The molecule has 10 heteroatoms. The van der Waals surface area contributed by atoms with Crippen molar-refractivity contribution in [2.24, 2.45) is 22.7 Å². The fourth-order valence-corrected chi connectivity index (χ4v) is 10.3. The second-order valence-corrected chi connectivity index (χ2v) is 14.5. The van der Waals surface area contributed by atoms with Crippen molar-refractivity contribution in [3.05, 3.63) is 34.4 Å². The van der Waals surface area contributed by atoms with E-state index in [0.29, 0.717) is 19.3 Å². The highest BCUT2D eigenvalue weighted by atomic mass is 32.2. The lowest BCUT2D eigenvalue weighted by Crippen LogP contribution is -2.66. The van der Waals surface area contributed by atoms with Crippen LogP contribution >= 0.6 is 0 Å². The van der Waals surface area contributed by atoms with Crippen LogP contribution < -0.4 is 10.3 Å². The standard InChI is InChI=1S/C27H37NO8S/c1-15(29)35-22-21(16-5-6-20(30)34-14-16)25(3)11-8-18-19(27(25)23(22)36-27)9-12-26(31)13-17(28-37(4,32)33)7-10-24(18,26)2/h5-6,14,17-19,21-23,28,31H,7-13H2,1-4H3/t17-,18-,19+,21-,22+,23+,24+,25+,26-,27+/m0/s1. The first-order chi connectivity index (χ1) is 17.2. The first-order valence-electron chi connectivity index (χ1n) is 13.4. The van der Waals surface area contributed by atoms with Crippen molar-refractivity contribution in [2.75, 3.05) is 6.26 Å². The average molecular weight is 536 g/mol. The van der Waals surface area contributed by atoms with Gasteiger partial charge in [0.15, 0.2) is 0 Å². The van der Waals surface area contributed by atoms with Gasteiger partial charge >= 0.3 is 11.6 Å². The summed E-state index contributed by atoms with van der Waals surface area (Å²) < 4.78 is 44.2. The molecule has 1 aromatic heterocycles. The molecule has 0 unspecified atom stereocenters. The maximum atomic E-state index is 12.2. The van der Waals surface area contributed by atoms with Gasteiger partial charge in [-0.15, -0.1) is 0 Å². The Bertz CT molecular complexity index is 1270. The summed E-state index contributed by atoms with van der Waals surface area (Å²) in [5.41, 5.74) is -1.72. The van der Waals surface area contributed by atoms with Crippen LogP contribution in [0.25, 0.3) is 0 Å². The molecule has 0 amide bonds. The molecule has 9 nitrogen and oxygen atoms in total. The normalized spacial score (nSPS) is 48.2. The van der Waals surface area contributed by atoms with E-state index in [1.54, 1.807) is 6.07 Å². The lowest BCUT2D eigenvalue weighted by Gasteiger charge is -2.64. The lowest BCUT2D eigenvalue weighted by molar-refractivity contribution is -0.213. The van der Waals surface area contributed by atoms with Crippen LogP contribution in [0, 0.1) is 22.7 Å². The highest BCUT2D eigenvalue weighted by Gasteiger charge is 2.85. The Morgan fingerprint density at radius 2 is 1.81 bits per heavy atom. The van der Waals surface area contributed by atoms with Crippen molar-refractivity contribution >= 4 is 16.0 Å². The predicted octanol–water partition coefficient (Wildman–Crippen LogP) is 2.47. The topological polar surface area (TPSA) is 135 Å². The molecule has 0 radical (unpaired) electrons. The van der Waals surface area contributed by atoms with Gasteiger partial charge < -0.3 is 19.0 Å². The molecular weight excluding hydrogens is 498 g/mol. The van der Waals surface area contributed by atoms with Gasteiger partial charge in [0.05, 0.1) is 18.1 Å². The van der Waals surface area contributed by atoms with Gasteiger partial charge in [-0.1, -0.05) is 13.8 Å². The molecule has 5 fully saturated rings. The quantitative estimate of drug-likeness (QED) is 0.443. The number of epoxide rings is 1. The minimum Gasteiger partial charge on any atom is -0.459 e. The molecule has 1 saturated heterocycles. The van der Waals surface area contributed by atoms with Crippen molar-refractivity contribution in [3.63, 3.8) is 0 Å². The largest absolute Gasteiger partial charge is 0.459 e. The Labute approximate surface area is 217 Å². The van der Waals surface area contributed by atoms with Crippen molar-refractivity contribution in [1.82, 2.24) is 4.72 Å². The Kier molecular flexibility index (Phi) is 5.45. The summed E-state index contributed by atoms with van der Waals surface area (Å²) in [7, 11) is -3.36. The van der Waals surface area contributed by atoms with E-state index in [2.05, 4.69) is 18.6 Å². The van der Waals surface area contributed by atoms with Crippen LogP contribution in [0.15, 0.2) is 27.6 Å². The third-order valence-electron chi connectivity index (χ3n) is 11.0. The van der Waals surface area contributed by atoms with Gasteiger partial charge in [0.1, 0.15) is 17.8 Å². The smallest absolute Gasteiger partial charge is 0.335 e. The summed E-state index contributed by atoms with van der Waals surface area (Å²) in [4.78, 5) is 23.8. The Balaban J connectivity index is 1.35. The van der Waals surface area contributed by atoms with E-state index in [1.807, 2.05) is 0 Å². The van der Waals surface area contributed by atoms with Gasteiger partial charge in [-0.25, -0.2) is 17.9 Å². The fourth-order valence-electron chi connectivity index (χ4n) is 9.52. The molecule has 0 aromatic carbocycles. The van der Waals surface area contributed by atoms with Crippen LogP contribution in [0.5, 0.6) is 0 Å². The first kappa shape index (κ1) is 25.5. The molecule has 10 atom stereocenters. The van der Waals surface area contributed by atoms with Gasteiger partial charge in [0.25, 0.3) is 0 Å². The molecule has 2 N–H and O–H groups in total. The Morgan fingerprint density at radius 1 is 1.11 bits per heavy atom. The van der Waals surface area contributed by atoms with E-state index in [-0.39, 0.29) is 46.7 Å². The summed E-state index contributed by atoms with van der Waals surface area (Å²) in [6.07, 6.45) is 6.82. The summed E-state index contributed by atoms with van der Waals surface area (Å²) in [6.45, 7) is 5.81. The van der Waals surface area contributed by atoms with Crippen LogP contribution in [-0.4, -0.2) is 55.2 Å². The number of aliphatic hydroxyl groups is 1. The monoisotopic (exact) mass is 535 g/mol. The molecule has 0 bridgehead atoms. The van der Waals surface area contributed by atoms with Crippen molar-refractivity contribution in [2.45, 2.75) is 101 Å². The molecule has 204 valence electrons. The number of fused-ring (bicyclic) bond motifs is 3. The van der Waals surface area contributed by atoms with E-state index in [1.165, 1.54) is 25.5 Å². The van der Waals surface area contributed by atoms with E-state index >= 15 is 0 Å². The van der Waals surface area contributed by atoms with Crippen molar-refractivity contribution in [3.8, 4) is 0 Å². The number of rotatable bonds is 4. The Hall–Kier alpha value is -1.75. The number of hydrogen-bond donors (Lipinski definition) is 2. The zero-order valence-electron chi connectivity index (χ0n) is 21.9. The van der Waals surface area contributed by atoms with Gasteiger partial charge in [-0.3, -0.25) is 4.79 Å². The molecule has 4 saturated carbocycles. The van der Waals surface area contributed by atoms with E-state index in [0.717, 1.165) is 31.2 Å². The van der Waals surface area contributed by atoms with Crippen molar-refractivity contribution < 1.29 is 32.2 Å². The zero-order chi connectivity index (χ0) is 26.6. The van der Waals surface area contributed by atoms with Gasteiger partial charge in [-0.05, 0) is 73.8 Å². The van der Waals surface area contributed by atoms with Crippen LogP contribution in [0.2, 0.25) is 0 Å². The zero-order valence-corrected chi connectivity index (χ0v) is 22.7. The van der Waals surface area contributed by atoms with Crippen LogP contribution in [0.1, 0.15) is 77.2 Å². The summed E-state index contributed by atoms with van der Waals surface area (Å²) in [6, 6.07) is 2.93. The maximum absolute atomic E-state index is 12.2. The number of nitrogens with one attached hydrogen (secondary N) is 1. The summed E-state index contributed by atoms with van der Waals surface area (Å²) >= 11 is 0.